The molecular weight excluding hydrogens is 306 g/mol. The van der Waals surface area contributed by atoms with E-state index in [0.717, 1.165) is 5.70 Å². The molecular formula is C14H18ClN5O2. The Morgan fingerprint density at radius 3 is 2.82 bits per heavy atom. The lowest BCUT2D eigenvalue weighted by Gasteiger charge is -2.33. The predicted octanol–water partition coefficient (Wildman–Crippen LogP) is 1.69. The maximum absolute atomic E-state index is 11.3. The topological polar surface area (TPSA) is 102 Å². The van der Waals surface area contributed by atoms with Gasteiger partial charge in [-0.15, -0.1) is 0 Å². The molecule has 1 heterocycles. The summed E-state index contributed by atoms with van der Waals surface area (Å²) in [5, 5.41) is 6.41. The third-order valence-electron chi connectivity index (χ3n) is 3.54. The molecule has 7 nitrogen and oxygen atoms in total. The quantitative estimate of drug-likeness (QED) is 0.762. The highest BCUT2D eigenvalue weighted by molar-refractivity contribution is 6.32. The minimum atomic E-state index is -0.720. The number of ether oxygens (including phenoxy) is 1. The molecule has 118 valence electrons. The number of hydrogen-bond acceptors (Lipinski definition) is 6. The van der Waals surface area contributed by atoms with Crippen molar-refractivity contribution in [3.05, 3.63) is 34.6 Å². The van der Waals surface area contributed by atoms with E-state index in [0.29, 0.717) is 28.8 Å². The van der Waals surface area contributed by atoms with Crippen molar-refractivity contribution in [1.29, 1.82) is 0 Å². The van der Waals surface area contributed by atoms with Crippen molar-refractivity contribution < 1.29 is 9.53 Å². The van der Waals surface area contributed by atoms with E-state index < -0.39 is 11.5 Å². The van der Waals surface area contributed by atoms with Crippen molar-refractivity contribution >= 4 is 29.3 Å². The monoisotopic (exact) mass is 323 g/mol. The Labute approximate surface area is 133 Å². The second-order valence-electron chi connectivity index (χ2n) is 5.01. The number of aromatic nitrogens is 2. The van der Waals surface area contributed by atoms with E-state index in [1.54, 1.807) is 26.3 Å². The van der Waals surface area contributed by atoms with Gasteiger partial charge in [0.15, 0.2) is 0 Å². The summed E-state index contributed by atoms with van der Waals surface area (Å²) in [5.74, 6) is 0.432. The van der Waals surface area contributed by atoms with Crippen molar-refractivity contribution in [2.75, 3.05) is 24.8 Å². The number of allylic oxidation sites excluding steroid dienone is 2. The highest BCUT2D eigenvalue weighted by Gasteiger charge is 2.34. The smallest absolute Gasteiger partial charge is 0.244 e. The second-order valence-corrected chi connectivity index (χ2v) is 5.42. The third kappa shape index (κ3) is 3.20. The van der Waals surface area contributed by atoms with Gasteiger partial charge in [-0.25, -0.2) is 4.98 Å². The Kier molecular flexibility index (Phi) is 4.68. The molecule has 1 aromatic heterocycles. The molecule has 1 aliphatic carbocycles. The Hall–Kier alpha value is -2.12. The molecule has 0 spiro atoms. The number of nitrogens with two attached hydrogens (primary N) is 1. The van der Waals surface area contributed by atoms with Crippen LogP contribution in [0.1, 0.15) is 13.3 Å². The Bertz CT molecular complexity index is 659. The molecule has 1 aromatic rings. The summed E-state index contributed by atoms with van der Waals surface area (Å²) in [7, 11) is 3.29. The normalized spacial score (nSPS) is 20.9. The fourth-order valence-electron chi connectivity index (χ4n) is 2.13. The van der Waals surface area contributed by atoms with Gasteiger partial charge in [0.25, 0.3) is 0 Å². The van der Waals surface area contributed by atoms with Gasteiger partial charge in [0.2, 0.25) is 11.9 Å². The fraction of sp³-hybridized carbons (Fsp3) is 0.357. The number of nitrogens with one attached hydrogen (secondary N) is 2. The van der Waals surface area contributed by atoms with Crippen LogP contribution in [-0.4, -0.2) is 35.6 Å². The molecule has 0 bridgehead atoms. The van der Waals surface area contributed by atoms with Crippen LogP contribution in [0.5, 0.6) is 0 Å². The van der Waals surface area contributed by atoms with Crippen LogP contribution in [0.2, 0.25) is 5.02 Å². The zero-order chi connectivity index (χ0) is 16.3. The van der Waals surface area contributed by atoms with E-state index in [-0.39, 0.29) is 0 Å². The fourth-order valence-corrected chi connectivity index (χ4v) is 2.31. The lowest BCUT2D eigenvalue weighted by molar-refractivity contribution is -0.115. The highest BCUT2D eigenvalue weighted by Crippen LogP contribution is 2.32. The SMILES string of the molecule is CNc1nc(NC2=CC=C(C(N)=O)CC2(C)OC)ncc1Cl. The predicted molar refractivity (Wildman–Crippen MR) is 85.6 cm³/mol. The summed E-state index contributed by atoms with van der Waals surface area (Å²) in [6.07, 6.45) is 5.27. The molecule has 0 fully saturated rings. The van der Waals surface area contributed by atoms with Gasteiger partial charge in [0.05, 0.1) is 11.9 Å². The van der Waals surface area contributed by atoms with Gasteiger partial charge in [0, 0.05) is 26.2 Å². The molecule has 0 saturated heterocycles. The number of carbonyl (C=O) groups excluding carboxylic acids is 1. The number of nitrogens with zero attached hydrogens (tertiary/aromatic N) is 2. The van der Waals surface area contributed by atoms with Gasteiger partial charge in [0.1, 0.15) is 16.4 Å². The minimum absolute atomic E-state index is 0.365. The summed E-state index contributed by atoms with van der Waals surface area (Å²) >= 11 is 5.96. The molecule has 0 aromatic carbocycles. The van der Waals surface area contributed by atoms with Crippen LogP contribution in [0.4, 0.5) is 11.8 Å². The number of anilines is 2. The zero-order valence-electron chi connectivity index (χ0n) is 12.6. The number of carbonyl (C=O) groups is 1. The van der Waals surface area contributed by atoms with Gasteiger partial charge >= 0.3 is 0 Å². The van der Waals surface area contributed by atoms with Gasteiger partial charge in [-0.1, -0.05) is 17.7 Å². The molecule has 1 atom stereocenters. The molecule has 0 aliphatic heterocycles. The van der Waals surface area contributed by atoms with Gasteiger partial charge in [-0.3, -0.25) is 4.79 Å². The van der Waals surface area contributed by atoms with Crippen LogP contribution < -0.4 is 16.4 Å². The lowest BCUT2D eigenvalue weighted by atomic mass is 9.87. The average molecular weight is 324 g/mol. The van der Waals surface area contributed by atoms with Crippen LogP contribution in [0.15, 0.2) is 29.6 Å². The van der Waals surface area contributed by atoms with E-state index >= 15 is 0 Å². The number of rotatable bonds is 5. The van der Waals surface area contributed by atoms with Crippen molar-refractivity contribution in [1.82, 2.24) is 9.97 Å². The van der Waals surface area contributed by atoms with Crippen LogP contribution in [0.3, 0.4) is 0 Å². The Morgan fingerprint density at radius 1 is 1.50 bits per heavy atom. The largest absolute Gasteiger partial charge is 0.372 e. The standard InChI is InChI=1S/C14H18ClN5O2/c1-14(22-3)6-8(11(16)21)4-5-10(14)19-13-18-7-9(15)12(17-2)20-13/h4-5,7H,6H2,1-3H3,(H2,16,21)(H2,17,18,19,20). The summed E-state index contributed by atoms with van der Waals surface area (Å²) < 4.78 is 5.55. The first-order valence-corrected chi connectivity index (χ1v) is 7.01. The van der Waals surface area contributed by atoms with E-state index in [1.807, 2.05) is 6.92 Å². The maximum Gasteiger partial charge on any atom is 0.244 e. The zero-order valence-corrected chi connectivity index (χ0v) is 13.4. The number of amides is 1. The van der Waals surface area contributed by atoms with Gasteiger partial charge < -0.3 is 21.1 Å². The van der Waals surface area contributed by atoms with Crippen LogP contribution in [-0.2, 0) is 9.53 Å². The first-order valence-electron chi connectivity index (χ1n) is 6.63. The van der Waals surface area contributed by atoms with Crippen molar-refractivity contribution in [3.63, 3.8) is 0 Å². The molecule has 4 N–H and O–H groups in total. The number of hydrogen-bond donors (Lipinski definition) is 3. The van der Waals surface area contributed by atoms with Crippen molar-refractivity contribution in [3.8, 4) is 0 Å². The van der Waals surface area contributed by atoms with Crippen LogP contribution >= 0.6 is 11.6 Å². The van der Waals surface area contributed by atoms with E-state index in [1.165, 1.54) is 6.20 Å². The highest BCUT2D eigenvalue weighted by atomic mass is 35.5. The number of methoxy groups -OCH3 is 1. The van der Waals surface area contributed by atoms with Gasteiger partial charge in [-0.05, 0) is 13.0 Å². The molecule has 8 heteroatoms. The van der Waals surface area contributed by atoms with E-state index in [4.69, 9.17) is 22.1 Å². The Morgan fingerprint density at radius 2 is 2.23 bits per heavy atom. The average Bonchev–Trinajstić information content (AvgIpc) is 2.50. The summed E-state index contributed by atoms with van der Waals surface area (Å²) in [5.41, 5.74) is 5.84. The summed E-state index contributed by atoms with van der Waals surface area (Å²) in [6, 6.07) is 0. The molecule has 0 radical (unpaired) electrons. The molecule has 1 amide bonds. The van der Waals surface area contributed by atoms with Crippen LogP contribution in [0.25, 0.3) is 0 Å². The van der Waals surface area contributed by atoms with E-state index in [2.05, 4.69) is 20.6 Å². The number of primary amides is 1. The molecule has 1 unspecified atom stereocenters. The molecule has 0 saturated carbocycles. The summed E-state index contributed by atoms with van der Waals surface area (Å²) in [4.78, 5) is 19.7. The minimum Gasteiger partial charge on any atom is -0.372 e. The third-order valence-corrected chi connectivity index (χ3v) is 3.82. The van der Waals surface area contributed by atoms with Crippen molar-refractivity contribution in [2.45, 2.75) is 18.9 Å². The van der Waals surface area contributed by atoms with Gasteiger partial charge in [-0.2, -0.15) is 4.98 Å². The Balaban J connectivity index is 2.32. The van der Waals surface area contributed by atoms with Crippen LogP contribution in [0, 0.1) is 0 Å². The molecule has 2 rings (SSSR count). The lowest BCUT2D eigenvalue weighted by Crippen LogP contribution is -2.38. The van der Waals surface area contributed by atoms with Crippen molar-refractivity contribution in [2.24, 2.45) is 5.73 Å². The molecule has 1 aliphatic rings. The first-order chi connectivity index (χ1) is 10.4. The summed E-state index contributed by atoms with van der Waals surface area (Å²) in [6.45, 7) is 1.86. The number of halogens is 1. The first kappa shape index (κ1) is 16.3. The molecule has 22 heavy (non-hydrogen) atoms. The van der Waals surface area contributed by atoms with E-state index in [9.17, 15) is 4.79 Å². The second kappa shape index (κ2) is 6.33. The maximum atomic E-state index is 11.3.